The second-order valence-electron chi connectivity index (χ2n) is 5.84. The van der Waals surface area contributed by atoms with E-state index in [0.29, 0.717) is 11.5 Å². The van der Waals surface area contributed by atoms with E-state index < -0.39 is 0 Å². The SMILES string of the molecule is O=C(CNC(=O)c1ccccc1)NC(c1ccccc1)C1CC1. The number of carbonyl (C=O) groups is 2. The molecule has 1 fully saturated rings. The Labute approximate surface area is 135 Å². The first kappa shape index (κ1) is 15.3. The van der Waals surface area contributed by atoms with Gasteiger partial charge in [-0.1, -0.05) is 48.5 Å². The molecule has 1 aliphatic rings. The Morgan fingerprint density at radius 2 is 1.57 bits per heavy atom. The van der Waals surface area contributed by atoms with Gasteiger partial charge in [0.25, 0.3) is 5.91 Å². The molecule has 4 heteroatoms. The van der Waals surface area contributed by atoms with Gasteiger partial charge in [0.2, 0.25) is 5.91 Å². The maximum Gasteiger partial charge on any atom is 0.251 e. The average Bonchev–Trinajstić information content (AvgIpc) is 3.44. The second-order valence-corrected chi connectivity index (χ2v) is 5.84. The highest BCUT2D eigenvalue weighted by Crippen LogP contribution is 2.40. The van der Waals surface area contributed by atoms with Crippen molar-refractivity contribution in [2.24, 2.45) is 5.92 Å². The van der Waals surface area contributed by atoms with Gasteiger partial charge in [-0.2, -0.15) is 0 Å². The fourth-order valence-corrected chi connectivity index (χ4v) is 2.64. The van der Waals surface area contributed by atoms with E-state index in [2.05, 4.69) is 10.6 Å². The standard InChI is InChI=1S/C19H20N2O2/c22-17(13-20-19(23)16-9-5-2-6-10-16)21-18(15-11-12-15)14-7-3-1-4-8-14/h1-10,15,18H,11-13H2,(H,20,23)(H,21,22). The monoisotopic (exact) mass is 308 g/mol. The minimum absolute atomic E-state index is 0.0101. The zero-order valence-corrected chi connectivity index (χ0v) is 12.9. The first-order valence-corrected chi connectivity index (χ1v) is 7.91. The molecule has 1 aliphatic carbocycles. The molecule has 2 aromatic rings. The molecule has 0 aromatic heterocycles. The molecule has 2 aromatic carbocycles. The summed E-state index contributed by atoms with van der Waals surface area (Å²) < 4.78 is 0. The summed E-state index contributed by atoms with van der Waals surface area (Å²) in [4.78, 5) is 24.1. The lowest BCUT2D eigenvalue weighted by molar-refractivity contribution is -0.121. The number of rotatable bonds is 6. The normalized spacial score (nSPS) is 14.8. The van der Waals surface area contributed by atoms with Crippen LogP contribution < -0.4 is 10.6 Å². The highest BCUT2D eigenvalue weighted by Gasteiger charge is 2.33. The molecule has 0 aliphatic heterocycles. The summed E-state index contributed by atoms with van der Waals surface area (Å²) in [5, 5.41) is 5.71. The fourth-order valence-electron chi connectivity index (χ4n) is 2.64. The van der Waals surface area contributed by atoms with Crippen LogP contribution in [0, 0.1) is 5.92 Å². The van der Waals surface area contributed by atoms with E-state index in [9.17, 15) is 9.59 Å². The molecule has 0 bridgehead atoms. The Morgan fingerprint density at radius 3 is 2.17 bits per heavy atom. The van der Waals surface area contributed by atoms with Crippen molar-refractivity contribution in [1.29, 1.82) is 0 Å². The number of carbonyl (C=O) groups excluding carboxylic acids is 2. The van der Waals surface area contributed by atoms with E-state index in [1.54, 1.807) is 24.3 Å². The fraction of sp³-hybridized carbons (Fsp3) is 0.263. The van der Waals surface area contributed by atoms with Crippen LogP contribution in [0.2, 0.25) is 0 Å². The number of hydrogen-bond donors (Lipinski definition) is 2. The minimum Gasteiger partial charge on any atom is -0.347 e. The smallest absolute Gasteiger partial charge is 0.251 e. The highest BCUT2D eigenvalue weighted by atomic mass is 16.2. The molecule has 0 spiro atoms. The molecule has 1 atom stereocenters. The van der Waals surface area contributed by atoms with Crippen LogP contribution in [0.4, 0.5) is 0 Å². The molecule has 2 N–H and O–H groups in total. The summed E-state index contributed by atoms with van der Waals surface area (Å²) in [7, 11) is 0. The average molecular weight is 308 g/mol. The van der Waals surface area contributed by atoms with Crippen molar-refractivity contribution in [3.05, 3.63) is 71.8 Å². The summed E-state index contributed by atoms with van der Waals surface area (Å²) >= 11 is 0. The molecular weight excluding hydrogens is 288 g/mol. The molecule has 0 saturated heterocycles. The molecule has 2 amide bonds. The minimum atomic E-state index is -0.233. The topological polar surface area (TPSA) is 58.2 Å². The van der Waals surface area contributed by atoms with Gasteiger partial charge in [0.1, 0.15) is 0 Å². The van der Waals surface area contributed by atoms with Crippen molar-refractivity contribution in [3.63, 3.8) is 0 Å². The van der Waals surface area contributed by atoms with Crippen molar-refractivity contribution < 1.29 is 9.59 Å². The zero-order valence-electron chi connectivity index (χ0n) is 12.9. The van der Waals surface area contributed by atoms with Gasteiger partial charge in [-0.15, -0.1) is 0 Å². The Morgan fingerprint density at radius 1 is 0.957 bits per heavy atom. The number of hydrogen-bond acceptors (Lipinski definition) is 2. The highest BCUT2D eigenvalue weighted by molar-refractivity contribution is 5.96. The summed E-state index contributed by atoms with van der Waals surface area (Å²) in [6.07, 6.45) is 2.27. The van der Waals surface area contributed by atoms with Crippen LogP contribution in [-0.4, -0.2) is 18.4 Å². The molecule has 0 heterocycles. The third-order valence-electron chi connectivity index (χ3n) is 4.01. The maximum absolute atomic E-state index is 12.2. The van der Waals surface area contributed by atoms with E-state index in [-0.39, 0.29) is 24.4 Å². The lowest BCUT2D eigenvalue weighted by Crippen LogP contribution is -2.39. The lowest BCUT2D eigenvalue weighted by atomic mass is 10.0. The van der Waals surface area contributed by atoms with E-state index in [1.807, 2.05) is 36.4 Å². The molecule has 0 radical (unpaired) electrons. The maximum atomic E-state index is 12.2. The predicted octanol–water partition coefficient (Wildman–Crippen LogP) is 2.68. The third kappa shape index (κ3) is 4.19. The molecule has 118 valence electrons. The van der Waals surface area contributed by atoms with Gasteiger partial charge in [-0.3, -0.25) is 9.59 Å². The van der Waals surface area contributed by atoms with Crippen molar-refractivity contribution in [2.75, 3.05) is 6.54 Å². The van der Waals surface area contributed by atoms with Crippen LogP contribution in [0.1, 0.15) is 34.8 Å². The summed E-state index contributed by atoms with van der Waals surface area (Å²) in [6, 6.07) is 18.9. The first-order valence-electron chi connectivity index (χ1n) is 7.91. The van der Waals surface area contributed by atoms with Gasteiger partial charge in [-0.25, -0.2) is 0 Å². The molecule has 23 heavy (non-hydrogen) atoms. The lowest BCUT2D eigenvalue weighted by Gasteiger charge is -2.19. The van der Waals surface area contributed by atoms with Crippen molar-refractivity contribution >= 4 is 11.8 Å². The molecule has 1 saturated carbocycles. The molecule has 3 rings (SSSR count). The van der Waals surface area contributed by atoms with Gasteiger partial charge in [-0.05, 0) is 36.5 Å². The third-order valence-corrected chi connectivity index (χ3v) is 4.01. The van der Waals surface area contributed by atoms with Gasteiger partial charge >= 0.3 is 0 Å². The van der Waals surface area contributed by atoms with Crippen molar-refractivity contribution in [1.82, 2.24) is 10.6 Å². The van der Waals surface area contributed by atoms with Crippen LogP contribution in [0.5, 0.6) is 0 Å². The van der Waals surface area contributed by atoms with Gasteiger partial charge in [0, 0.05) is 5.56 Å². The summed E-state index contributed by atoms with van der Waals surface area (Å²) in [5.74, 6) is 0.115. The zero-order chi connectivity index (χ0) is 16.1. The van der Waals surface area contributed by atoms with Crippen molar-refractivity contribution in [3.8, 4) is 0 Å². The molecule has 1 unspecified atom stereocenters. The van der Waals surface area contributed by atoms with E-state index in [4.69, 9.17) is 0 Å². The number of amides is 2. The van der Waals surface area contributed by atoms with Gasteiger partial charge in [0.15, 0.2) is 0 Å². The van der Waals surface area contributed by atoms with Crippen LogP contribution in [0.25, 0.3) is 0 Å². The van der Waals surface area contributed by atoms with E-state index in [1.165, 1.54) is 0 Å². The van der Waals surface area contributed by atoms with E-state index >= 15 is 0 Å². The van der Waals surface area contributed by atoms with Crippen LogP contribution in [0.3, 0.4) is 0 Å². The summed E-state index contributed by atoms with van der Waals surface area (Å²) in [6.45, 7) is -0.0101. The Balaban J connectivity index is 1.55. The Bertz CT molecular complexity index is 666. The molecule has 4 nitrogen and oxygen atoms in total. The summed E-state index contributed by atoms with van der Waals surface area (Å²) in [5.41, 5.74) is 1.68. The van der Waals surface area contributed by atoms with Gasteiger partial charge < -0.3 is 10.6 Å². The Kier molecular flexibility index (Phi) is 4.71. The van der Waals surface area contributed by atoms with E-state index in [0.717, 1.165) is 18.4 Å². The van der Waals surface area contributed by atoms with Crippen LogP contribution in [0.15, 0.2) is 60.7 Å². The van der Waals surface area contributed by atoms with Crippen LogP contribution >= 0.6 is 0 Å². The number of nitrogens with one attached hydrogen (secondary N) is 2. The largest absolute Gasteiger partial charge is 0.347 e. The van der Waals surface area contributed by atoms with Crippen LogP contribution in [-0.2, 0) is 4.79 Å². The quantitative estimate of drug-likeness (QED) is 0.862. The first-order chi connectivity index (χ1) is 11.2. The predicted molar refractivity (Wildman–Crippen MR) is 88.8 cm³/mol. The van der Waals surface area contributed by atoms with Crippen molar-refractivity contribution in [2.45, 2.75) is 18.9 Å². The Hall–Kier alpha value is -2.62. The van der Waals surface area contributed by atoms with Gasteiger partial charge in [0.05, 0.1) is 12.6 Å². The number of benzene rings is 2. The second kappa shape index (κ2) is 7.09. The molecular formula is C19H20N2O2.